The predicted molar refractivity (Wildman–Crippen MR) is 295 cm³/mol. The first-order valence-electron chi connectivity index (χ1n) is 28.2. The zero-order chi connectivity index (χ0) is 56.5. The third-order valence-corrected chi connectivity index (χ3v) is 17.3. The lowest BCUT2D eigenvalue weighted by atomic mass is 9.95. The van der Waals surface area contributed by atoms with Gasteiger partial charge >= 0.3 is 18.2 Å². The van der Waals surface area contributed by atoms with Crippen molar-refractivity contribution in [3.05, 3.63) is 77.2 Å². The van der Waals surface area contributed by atoms with Gasteiger partial charge in [-0.1, -0.05) is 25.1 Å². The van der Waals surface area contributed by atoms with E-state index in [4.69, 9.17) is 38.6 Å². The SMILES string of the molecule is CCc1cccc2cc(OCOC)cc(-c3ncc4c(N5CC6CCC(C5)N6C(=O)OC(C)(C)C)nc(OCC56CCCN5[C@@H](COC(=O)N5CCN(c7ccc8c(c7)C(=O)N(C7CCC(=O)NC7=O)C8=O)CC5)CC6)nc4c3F)c12. The van der Waals surface area contributed by atoms with Crippen LogP contribution in [0.1, 0.15) is 105 Å². The largest absolute Gasteiger partial charge is 0.468 e. The molecule has 7 aliphatic heterocycles. The highest BCUT2D eigenvalue weighted by molar-refractivity contribution is 6.23. The monoisotopic (exact) mass is 1110 g/mol. The number of hydrogen-bond acceptors (Lipinski definition) is 17. The summed E-state index contributed by atoms with van der Waals surface area (Å²) in [6, 6.07) is 13.3. The van der Waals surface area contributed by atoms with Crippen molar-refractivity contribution in [1.82, 2.24) is 39.9 Å². The minimum Gasteiger partial charge on any atom is -0.468 e. The fourth-order valence-electron chi connectivity index (χ4n) is 13.4. The Hall–Kier alpha value is -7.72. The number of benzene rings is 3. The standard InChI is InChI=1S/C59H67FN10O11/c1-6-34-9-7-10-35-25-40(80-33-77-5)27-43(47(34)35)49-48(60)50-44(28-61-49)51(67-29-37-11-12-38(30-67)69(37)57(76)81-58(2,3)4)64-55(63-50)79-32-59-18-8-20-68(59)39(17-19-59)31-78-56(75)66-23-21-65(22-24-66)36-13-14-41-42(26-36)54(74)70(53(41)73)45-15-16-46(71)62-52(45)72/h7,9-10,13-14,25-28,37-39,45H,6,8,11-12,15-24,29-33H2,1-5H3,(H,62,71,72)/t37?,38?,39-,45?,59?/m1/s1. The number of fused-ring (bicyclic) bond motifs is 6. The number of rotatable bonds is 13. The fraction of sp³-hybridized carbons (Fsp3) is 0.508. The lowest BCUT2D eigenvalue weighted by molar-refractivity contribution is -0.136. The molecule has 22 heteroatoms. The number of piperazine rings is 2. The van der Waals surface area contributed by atoms with Crippen molar-refractivity contribution in [3.63, 3.8) is 0 Å². The molecule has 426 valence electrons. The molecule has 2 bridgehead atoms. The van der Waals surface area contributed by atoms with Crippen molar-refractivity contribution in [2.24, 2.45) is 0 Å². The number of imide groups is 2. The summed E-state index contributed by atoms with van der Waals surface area (Å²) in [4.78, 5) is 104. The molecule has 0 saturated carbocycles. The number of pyridine rings is 1. The van der Waals surface area contributed by atoms with Crippen LogP contribution in [0.4, 0.5) is 25.5 Å². The summed E-state index contributed by atoms with van der Waals surface area (Å²) in [6.45, 7) is 11.4. The maximum absolute atomic E-state index is 17.8. The number of nitrogens with zero attached hydrogens (tertiary/aromatic N) is 9. The summed E-state index contributed by atoms with van der Waals surface area (Å²) in [5.74, 6) is -1.89. The van der Waals surface area contributed by atoms with Gasteiger partial charge in [0.2, 0.25) is 11.8 Å². The molecule has 5 aromatic rings. The van der Waals surface area contributed by atoms with Gasteiger partial charge in [-0.3, -0.25) is 44.2 Å². The number of aryl methyl sites for hydroxylation is 1. The van der Waals surface area contributed by atoms with Crippen LogP contribution in [0, 0.1) is 5.82 Å². The van der Waals surface area contributed by atoms with Crippen LogP contribution in [0.3, 0.4) is 0 Å². The topological polar surface area (TPSA) is 219 Å². The first kappa shape index (κ1) is 53.9. The molecule has 6 fully saturated rings. The smallest absolute Gasteiger partial charge is 0.410 e. The zero-order valence-electron chi connectivity index (χ0n) is 46.3. The Morgan fingerprint density at radius 3 is 2.36 bits per heavy atom. The molecule has 0 spiro atoms. The van der Waals surface area contributed by atoms with Crippen LogP contribution in [0.25, 0.3) is 32.9 Å². The number of aromatic nitrogens is 3. The van der Waals surface area contributed by atoms with E-state index in [0.717, 1.165) is 66.3 Å². The zero-order valence-corrected chi connectivity index (χ0v) is 46.3. The number of carbonyl (C=O) groups excluding carboxylic acids is 6. The average molecular weight is 1110 g/mol. The second-order valence-electron chi connectivity index (χ2n) is 23.3. The Morgan fingerprint density at radius 2 is 1.62 bits per heavy atom. The maximum Gasteiger partial charge on any atom is 0.410 e. The first-order valence-corrected chi connectivity index (χ1v) is 28.2. The van der Waals surface area contributed by atoms with Gasteiger partial charge in [0.25, 0.3) is 11.8 Å². The Balaban J connectivity index is 0.750. The van der Waals surface area contributed by atoms with Gasteiger partial charge < -0.3 is 38.4 Å². The van der Waals surface area contributed by atoms with Crippen molar-refractivity contribution in [2.75, 3.05) is 82.7 Å². The number of methoxy groups -OCH3 is 1. The fourth-order valence-corrected chi connectivity index (χ4v) is 13.4. The summed E-state index contributed by atoms with van der Waals surface area (Å²) in [5, 5.41) is 4.37. The van der Waals surface area contributed by atoms with E-state index in [1.54, 1.807) is 42.5 Å². The molecule has 6 saturated heterocycles. The summed E-state index contributed by atoms with van der Waals surface area (Å²) >= 11 is 0. The molecule has 6 amide bonds. The van der Waals surface area contributed by atoms with E-state index in [0.29, 0.717) is 73.9 Å². The van der Waals surface area contributed by atoms with E-state index in [1.165, 1.54) is 0 Å². The van der Waals surface area contributed by atoms with E-state index in [1.807, 2.05) is 54.8 Å². The Labute approximate surface area is 467 Å². The van der Waals surface area contributed by atoms with Gasteiger partial charge in [0.15, 0.2) is 12.6 Å². The van der Waals surface area contributed by atoms with Crippen LogP contribution >= 0.6 is 0 Å². The van der Waals surface area contributed by atoms with Crippen molar-refractivity contribution in [1.29, 1.82) is 0 Å². The molecule has 5 atom stereocenters. The van der Waals surface area contributed by atoms with Gasteiger partial charge in [0.05, 0.1) is 34.1 Å². The molecule has 0 radical (unpaired) electrons. The van der Waals surface area contributed by atoms with Crippen LogP contribution < -0.4 is 24.6 Å². The van der Waals surface area contributed by atoms with Crippen LogP contribution in [0.5, 0.6) is 11.8 Å². The quantitative estimate of drug-likeness (QED) is 0.0941. The van der Waals surface area contributed by atoms with E-state index in [-0.39, 0.29) is 85.4 Å². The molecular weight excluding hydrogens is 1040 g/mol. The third kappa shape index (κ3) is 9.96. The van der Waals surface area contributed by atoms with Crippen molar-refractivity contribution in [2.45, 2.75) is 121 Å². The van der Waals surface area contributed by atoms with Crippen molar-refractivity contribution >= 4 is 69.0 Å². The van der Waals surface area contributed by atoms with Gasteiger partial charge in [-0.2, -0.15) is 9.97 Å². The summed E-state index contributed by atoms with van der Waals surface area (Å²) in [6.07, 6.45) is 6.55. The second kappa shape index (κ2) is 21.3. The van der Waals surface area contributed by atoms with E-state index < -0.39 is 52.7 Å². The second-order valence-corrected chi connectivity index (χ2v) is 23.3. The summed E-state index contributed by atoms with van der Waals surface area (Å²) in [7, 11) is 1.54. The van der Waals surface area contributed by atoms with Crippen molar-refractivity contribution < 1.29 is 56.8 Å². The van der Waals surface area contributed by atoms with Gasteiger partial charge in [-0.15, -0.1) is 0 Å². The van der Waals surface area contributed by atoms with Crippen LogP contribution in [0.2, 0.25) is 0 Å². The molecule has 4 unspecified atom stereocenters. The molecule has 1 N–H and O–H groups in total. The highest BCUT2D eigenvalue weighted by atomic mass is 19.1. The first-order chi connectivity index (χ1) is 39.0. The number of anilines is 2. The molecule has 21 nitrogen and oxygen atoms in total. The number of halogens is 1. The van der Waals surface area contributed by atoms with Crippen LogP contribution in [0.15, 0.2) is 54.7 Å². The molecule has 3 aromatic carbocycles. The van der Waals surface area contributed by atoms with Gasteiger partial charge in [0, 0.05) is 76.3 Å². The predicted octanol–water partition coefficient (Wildman–Crippen LogP) is 6.85. The minimum absolute atomic E-state index is 0.00476. The number of piperidine rings is 1. The number of nitrogens with one attached hydrogen (secondary N) is 1. The molecule has 0 aliphatic carbocycles. The molecule has 2 aromatic heterocycles. The molecule has 81 heavy (non-hydrogen) atoms. The van der Waals surface area contributed by atoms with E-state index in [2.05, 4.69) is 22.0 Å². The third-order valence-electron chi connectivity index (χ3n) is 17.3. The summed E-state index contributed by atoms with van der Waals surface area (Å²) < 4.78 is 47.5. The Kier molecular flexibility index (Phi) is 14.2. The molecular formula is C59H67FN10O11. The number of hydrogen-bond donors (Lipinski definition) is 1. The Bertz CT molecular complexity index is 3370. The van der Waals surface area contributed by atoms with E-state index in [9.17, 15) is 28.8 Å². The highest BCUT2D eigenvalue weighted by Crippen LogP contribution is 2.45. The number of amides is 6. The Morgan fingerprint density at radius 1 is 0.840 bits per heavy atom. The van der Waals surface area contributed by atoms with Gasteiger partial charge in [-0.05, 0) is 125 Å². The lowest BCUT2D eigenvalue weighted by Gasteiger charge is -2.42. The van der Waals surface area contributed by atoms with Gasteiger partial charge in [-0.25, -0.2) is 14.0 Å². The molecule has 7 aliphatic rings. The van der Waals surface area contributed by atoms with Crippen LogP contribution in [-0.4, -0.2) is 179 Å². The minimum atomic E-state index is -1.05. The van der Waals surface area contributed by atoms with Crippen LogP contribution in [-0.2, 0) is 30.2 Å². The highest BCUT2D eigenvalue weighted by Gasteiger charge is 2.51. The number of carbonyl (C=O) groups is 6. The van der Waals surface area contributed by atoms with E-state index >= 15 is 4.39 Å². The molecule has 12 rings (SSSR count). The summed E-state index contributed by atoms with van der Waals surface area (Å²) in [5.41, 5.74) is 1.80. The van der Waals surface area contributed by atoms with Crippen molar-refractivity contribution in [3.8, 4) is 23.0 Å². The van der Waals surface area contributed by atoms with Gasteiger partial charge in [0.1, 0.15) is 47.6 Å². The lowest BCUT2D eigenvalue weighted by Crippen LogP contribution is -2.57. The average Bonchev–Trinajstić information content (AvgIpc) is 4.40. The number of ether oxygens (including phenoxy) is 5. The normalized spacial score (nSPS) is 23.9. The molecule has 9 heterocycles. The maximum atomic E-state index is 17.8.